The number of hydrogen-bond acceptors (Lipinski definition) is 5. The molecule has 0 saturated carbocycles. The van der Waals surface area contributed by atoms with E-state index >= 15 is 0 Å². The van der Waals surface area contributed by atoms with Crippen LogP contribution in [0.5, 0.6) is 11.5 Å². The Bertz CT molecular complexity index is 736. The van der Waals surface area contributed by atoms with Gasteiger partial charge in [-0.05, 0) is 12.1 Å². The summed E-state index contributed by atoms with van der Waals surface area (Å²) < 4.78 is 10.5. The third-order valence-corrected chi connectivity index (χ3v) is 2.86. The quantitative estimate of drug-likeness (QED) is 0.716. The number of nitrogens with zero attached hydrogens (tertiary/aromatic N) is 2. The van der Waals surface area contributed by atoms with Gasteiger partial charge in [-0.25, -0.2) is 4.98 Å². The molecule has 6 nitrogen and oxygen atoms in total. The van der Waals surface area contributed by atoms with Crippen LogP contribution in [0.4, 0.5) is 5.82 Å². The van der Waals surface area contributed by atoms with Gasteiger partial charge >= 0.3 is 0 Å². The molecule has 3 N–H and O–H groups in total. The largest absolute Gasteiger partial charge is 0.497 e. The standard InChI is InChI=1S/C12H12N4O2/c1-17-7-3-6-4-8-11(13)15-16-12(8)14-10(6)9(5-7)18-2/h3-5H,1-2H3,(H3,13,14,15,16). The molecule has 0 spiro atoms. The Morgan fingerprint density at radius 3 is 2.72 bits per heavy atom. The lowest BCUT2D eigenvalue weighted by atomic mass is 10.1. The number of H-pyrrole nitrogens is 1. The Hall–Kier alpha value is -2.50. The summed E-state index contributed by atoms with van der Waals surface area (Å²) in [6.07, 6.45) is 0. The number of aromatic nitrogens is 3. The minimum absolute atomic E-state index is 0.501. The average molecular weight is 244 g/mol. The van der Waals surface area contributed by atoms with E-state index in [1.807, 2.05) is 12.1 Å². The first-order valence-corrected chi connectivity index (χ1v) is 5.39. The molecule has 92 valence electrons. The molecule has 2 aromatic heterocycles. The molecular weight excluding hydrogens is 232 g/mol. The molecule has 6 heteroatoms. The van der Waals surface area contributed by atoms with Crippen molar-refractivity contribution in [1.29, 1.82) is 0 Å². The molecular formula is C12H12N4O2. The first-order chi connectivity index (χ1) is 8.72. The summed E-state index contributed by atoms with van der Waals surface area (Å²) in [5, 5.41) is 8.43. The van der Waals surface area contributed by atoms with Crippen molar-refractivity contribution in [2.75, 3.05) is 20.0 Å². The van der Waals surface area contributed by atoms with E-state index in [9.17, 15) is 0 Å². The number of hydrogen-bond donors (Lipinski definition) is 2. The van der Waals surface area contributed by atoms with Crippen LogP contribution in [0.15, 0.2) is 18.2 Å². The van der Waals surface area contributed by atoms with Gasteiger partial charge in [0.2, 0.25) is 0 Å². The number of benzene rings is 1. The predicted molar refractivity (Wildman–Crippen MR) is 68.9 cm³/mol. The van der Waals surface area contributed by atoms with Crippen LogP contribution in [0.1, 0.15) is 0 Å². The number of nitrogens with one attached hydrogen (secondary N) is 1. The van der Waals surface area contributed by atoms with Crippen molar-refractivity contribution < 1.29 is 9.47 Å². The van der Waals surface area contributed by atoms with Crippen LogP contribution >= 0.6 is 0 Å². The zero-order valence-corrected chi connectivity index (χ0v) is 10.0. The fourth-order valence-corrected chi connectivity index (χ4v) is 1.95. The van der Waals surface area contributed by atoms with Crippen LogP contribution in [-0.2, 0) is 0 Å². The highest BCUT2D eigenvalue weighted by molar-refractivity contribution is 5.98. The van der Waals surface area contributed by atoms with Gasteiger partial charge in [0, 0.05) is 11.5 Å². The lowest BCUT2D eigenvalue weighted by Gasteiger charge is -2.07. The Kier molecular flexibility index (Phi) is 2.22. The summed E-state index contributed by atoms with van der Waals surface area (Å²) in [6.45, 7) is 0. The third kappa shape index (κ3) is 1.42. The second-order valence-corrected chi connectivity index (χ2v) is 3.90. The van der Waals surface area contributed by atoms with Gasteiger partial charge in [0.05, 0.1) is 19.6 Å². The molecule has 3 aromatic rings. The summed E-state index contributed by atoms with van der Waals surface area (Å²) in [5.74, 6) is 1.86. The molecule has 3 rings (SSSR count). The molecule has 2 heterocycles. The fourth-order valence-electron chi connectivity index (χ4n) is 1.95. The summed E-state index contributed by atoms with van der Waals surface area (Å²) >= 11 is 0. The first-order valence-electron chi connectivity index (χ1n) is 5.39. The minimum Gasteiger partial charge on any atom is -0.497 e. The Morgan fingerprint density at radius 2 is 2.00 bits per heavy atom. The second kappa shape index (κ2) is 3.76. The summed E-state index contributed by atoms with van der Waals surface area (Å²) in [6, 6.07) is 5.59. The molecule has 18 heavy (non-hydrogen) atoms. The van der Waals surface area contributed by atoms with Crippen LogP contribution in [0, 0.1) is 0 Å². The number of fused-ring (bicyclic) bond motifs is 2. The van der Waals surface area contributed by atoms with Crippen LogP contribution in [0.2, 0.25) is 0 Å². The molecule has 0 aliphatic carbocycles. The lowest BCUT2D eigenvalue weighted by molar-refractivity contribution is 0.397. The van der Waals surface area contributed by atoms with Crippen molar-refractivity contribution in [2.24, 2.45) is 0 Å². The fraction of sp³-hybridized carbons (Fsp3) is 0.167. The average Bonchev–Trinajstić information content (AvgIpc) is 2.76. The molecule has 0 amide bonds. The smallest absolute Gasteiger partial charge is 0.183 e. The number of nitrogen functional groups attached to an aromatic ring is 1. The van der Waals surface area contributed by atoms with Gasteiger partial charge in [-0.3, -0.25) is 5.10 Å². The number of rotatable bonds is 2. The SMILES string of the molecule is COc1cc(OC)c2nc3n[nH]c(N)c3cc2c1. The van der Waals surface area contributed by atoms with Gasteiger partial charge in [0.1, 0.15) is 22.8 Å². The number of ether oxygens (including phenoxy) is 2. The molecule has 0 fully saturated rings. The molecule has 0 unspecified atom stereocenters. The van der Waals surface area contributed by atoms with Crippen molar-refractivity contribution in [2.45, 2.75) is 0 Å². The highest BCUT2D eigenvalue weighted by atomic mass is 16.5. The van der Waals surface area contributed by atoms with E-state index in [4.69, 9.17) is 15.2 Å². The lowest BCUT2D eigenvalue weighted by Crippen LogP contribution is -1.91. The zero-order chi connectivity index (χ0) is 12.7. The third-order valence-electron chi connectivity index (χ3n) is 2.86. The van der Waals surface area contributed by atoms with E-state index in [1.54, 1.807) is 20.3 Å². The number of methoxy groups -OCH3 is 2. The molecule has 0 radical (unpaired) electrons. The van der Waals surface area contributed by atoms with Crippen molar-refractivity contribution in [1.82, 2.24) is 15.2 Å². The molecule has 0 aliphatic heterocycles. The Balaban J connectivity index is 2.42. The van der Waals surface area contributed by atoms with Gasteiger partial charge in [0.15, 0.2) is 5.65 Å². The Labute approximate surface area is 103 Å². The molecule has 0 bridgehead atoms. The van der Waals surface area contributed by atoms with E-state index in [2.05, 4.69) is 15.2 Å². The van der Waals surface area contributed by atoms with E-state index in [0.717, 1.165) is 16.3 Å². The summed E-state index contributed by atoms with van der Waals surface area (Å²) in [5.41, 5.74) is 7.09. The molecule has 0 aliphatic rings. The highest BCUT2D eigenvalue weighted by Crippen LogP contribution is 2.32. The molecule has 0 saturated heterocycles. The second-order valence-electron chi connectivity index (χ2n) is 3.90. The normalized spacial score (nSPS) is 11.0. The summed E-state index contributed by atoms with van der Waals surface area (Å²) in [7, 11) is 3.21. The molecule has 1 aromatic carbocycles. The van der Waals surface area contributed by atoms with Gasteiger partial charge in [-0.2, -0.15) is 5.10 Å². The van der Waals surface area contributed by atoms with E-state index in [-0.39, 0.29) is 0 Å². The van der Waals surface area contributed by atoms with Crippen molar-refractivity contribution >= 4 is 27.8 Å². The number of anilines is 1. The van der Waals surface area contributed by atoms with Crippen LogP contribution in [-0.4, -0.2) is 29.4 Å². The monoisotopic (exact) mass is 244 g/mol. The van der Waals surface area contributed by atoms with Crippen LogP contribution < -0.4 is 15.2 Å². The Morgan fingerprint density at radius 1 is 1.17 bits per heavy atom. The topological polar surface area (TPSA) is 86.0 Å². The predicted octanol–water partition coefficient (Wildman–Crippen LogP) is 1.71. The van der Waals surface area contributed by atoms with Crippen molar-refractivity contribution in [3.8, 4) is 11.5 Å². The maximum absolute atomic E-state index is 5.79. The highest BCUT2D eigenvalue weighted by Gasteiger charge is 2.11. The van der Waals surface area contributed by atoms with Gasteiger partial charge in [-0.1, -0.05) is 0 Å². The molecule has 0 atom stereocenters. The maximum atomic E-state index is 5.79. The van der Waals surface area contributed by atoms with Gasteiger partial charge in [-0.15, -0.1) is 0 Å². The van der Waals surface area contributed by atoms with Crippen molar-refractivity contribution in [3.05, 3.63) is 18.2 Å². The van der Waals surface area contributed by atoms with Gasteiger partial charge in [0.25, 0.3) is 0 Å². The van der Waals surface area contributed by atoms with Gasteiger partial charge < -0.3 is 15.2 Å². The van der Waals surface area contributed by atoms with E-state index in [1.165, 1.54) is 0 Å². The zero-order valence-electron chi connectivity index (χ0n) is 10.0. The number of nitrogens with two attached hydrogens (primary N) is 1. The van der Waals surface area contributed by atoms with Crippen LogP contribution in [0.3, 0.4) is 0 Å². The maximum Gasteiger partial charge on any atom is 0.183 e. The number of pyridine rings is 1. The van der Waals surface area contributed by atoms with E-state index in [0.29, 0.717) is 23.0 Å². The first kappa shape index (κ1) is 10.6. The van der Waals surface area contributed by atoms with E-state index < -0.39 is 0 Å². The number of aromatic amines is 1. The van der Waals surface area contributed by atoms with Crippen molar-refractivity contribution in [3.63, 3.8) is 0 Å². The summed E-state index contributed by atoms with van der Waals surface area (Å²) in [4.78, 5) is 4.44. The minimum atomic E-state index is 0.501. The van der Waals surface area contributed by atoms with Crippen LogP contribution in [0.25, 0.3) is 21.9 Å².